The van der Waals surface area contributed by atoms with Crippen molar-refractivity contribution in [2.24, 2.45) is 0 Å². The molecule has 1 fully saturated rings. The van der Waals surface area contributed by atoms with Gasteiger partial charge in [-0.05, 0) is 32.0 Å². The van der Waals surface area contributed by atoms with Crippen LogP contribution >= 0.6 is 0 Å². The molecule has 3 rings (SSSR count). The molecular formula is C18H20N2O2. The number of aromatic nitrogens is 1. The number of carbonyl (C=O) groups is 1. The molecule has 1 aromatic heterocycles. The van der Waals surface area contributed by atoms with E-state index in [1.807, 2.05) is 49.1 Å². The van der Waals surface area contributed by atoms with Gasteiger partial charge in [-0.1, -0.05) is 23.3 Å². The first-order chi connectivity index (χ1) is 10.6. The lowest BCUT2D eigenvalue weighted by Gasteiger charge is -2.17. The summed E-state index contributed by atoms with van der Waals surface area (Å²) >= 11 is 0. The molecule has 0 N–H and O–H groups in total. The van der Waals surface area contributed by atoms with Gasteiger partial charge < -0.3 is 9.64 Å². The summed E-state index contributed by atoms with van der Waals surface area (Å²) in [4.78, 5) is 18.6. The molecule has 22 heavy (non-hydrogen) atoms. The summed E-state index contributed by atoms with van der Waals surface area (Å²) in [6.07, 6.45) is 2.57. The Bertz CT molecular complexity index is 650. The zero-order valence-corrected chi connectivity index (χ0v) is 13.0. The van der Waals surface area contributed by atoms with Crippen LogP contribution in [0.25, 0.3) is 0 Å². The molecule has 1 aromatic carbocycles. The van der Waals surface area contributed by atoms with Crippen LogP contribution in [0.2, 0.25) is 0 Å². The second-order valence-corrected chi connectivity index (χ2v) is 5.82. The van der Waals surface area contributed by atoms with Gasteiger partial charge in [0.05, 0.1) is 6.54 Å². The Labute approximate surface area is 130 Å². The summed E-state index contributed by atoms with van der Waals surface area (Å²) in [6.45, 7) is 5.37. The number of amides is 1. The van der Waals surface area contributed by atoms with Crippen LogP contribution in [0.3, 0.4) is 0 Å². The van der Waals surface area contributed by atoms with E-state index in [0.717, 1.165) is 29.7 Å². The van der Waals surface area contributed by atoms with E-state index >= 15 is 0 Å². The van der Waals surface area contributed by atoms with Crippen molar-refractivity contribution in [1.82, 2.24) is 9.88 Å². The number of rotatable bonds is 3. The van der Waals surface area contributed by atoms with Gasteiger partial charge in [0.25, 0.3) is 5.91 Å². The van der Waals surface area contributed by atoms with Crippen LogP contribution in [-0.4, -0.2) is 35.0 Å². The van der Waals surface area contributed by atoms with Crippen LogP contribution in [0.1, 0.15) is 27.9 Å². The van der Waals surface area contributed by atoms with E-state index in [4.69, 9.17) is 4.74 Å². The SMILES string of the molecule is Cc1cc(C)cc(C(=O)N2CCC(Oc3ccccn3)C2)c1. The van der Waals surface area contributed by atoms with Gasteiger partial charge in [0.1, 0.15) is 6.10 Å². The zero-order valence-electron chi connectivity index (χ0n) is 13.0. The number of nitrogens with zero attached hydrogens (tertiary/aromatic N) is 2. The molecule has 0 bridgehead atoms. The summed E-state index contributed by atoms with van der Waals surface area (Å²) in [7, 11) is 0. The Morgan fingerprint density at radius 2 is 2.00 bits per heavy atom. The van der Waals surface area contributed by atoms with E-state index in [1.165, 1.54) is 0 Å². The van der Waals surface area contributed by atoms with Gasteiger partial charge in [-0.15, -0.1) is 0 Å². The Morgan fingerprint density at radius 3 is 2.68 bits per heavy atom. The van der Waals surface area contributed by atoms with Crippen molar-refractivity contribution in [2.45, 2.75) is 26.4 Å². The third kappa shape index (κ3) is 3.27. The molecule has 1 unspecified atom stereocenters. The maximum atomic E-state index is 12.6. The van der Waals surface area contributed by atoms with Crippen molar-refractivity contribution in [1.29, 1.82) is 0 Å². The number of hydrogen-bond donors (Lipinski definition) is 0. The highest BCUT2D eigenvalue weighted by Gasteiger charge is 2.28. The molecule has 4 heteroatoms. The van der Waals surface area contributed by atoms with Gasteiger partial charge >= 0.3 is 0 Å². The number of carbonyl (C=O) groups excluding carboxylic acids is 1. The fourth-order valence-electron chi connectivity index (χ4n) is 2.88. The van der Waals surface area contributed by atoms with Crippen molar-refractivity contribution in [3.8, 4) is 5.88 Å². The fourth-order valence-corrected chi connectivity index (χ4v) is 2.88. The van der Waals surface area contributed by atoms with Crippen molar-refractivity contribution in [3.63, 3.8) is 0 Å². The number of aryl methyl sites for hydroxylation is 2. The molecule has 4 nitrogen and oxygen atoms in total. The van der Waals surface area contributed by atoms with Crippen molar-refractivity contribution < 1.29 is 9.53 Å². The molecule has 2 aromatic rings. The molecule has 1 amide bonds. The van der Waals surface area contributed by atoms with Gasteiger partial charge in [-0.3, -0.25) is 4.79 Å². The first-order valence-corrected chi connectivity index (χ1v) is 7.57. The normalized spacial score (nSPS) is 17.5. The fraction of sp³-hybridized carbons (Fsp3) is 0.333. The van der Waals surface area contributed by atoms with E-state index in [-0.39, 0.29) is 12.0 Å². The lowest BCUT2D eigenvalue weighted by Crippen LogP contribution is -2.31. The number of likely N-dealkylation sites (tertiary alicyclic amines) is 1. The molecule has 0 aliphatic carbocycles. The van der Waals surface area contributed by atoms with E-state index in [2.05, 4.69) is 11.1 Å². The minimum atomic E-state index is 0.0183. The molecule has 0 radical (unpaired) electrons. The third-order valence-electron chi connectivity index (χ3n) is 3.83. The molecular weight excluding hydrogens is 276 g/mol. The predicted molar refractivity (Wildman–Crippen MR) is 85.1 cm³/mol. The van der Waals surface area contributed by atoms with Gasteiger partial charge in [0.2, 0.25) is 5.88 Å². The quantitative estimate of drug-likeness (QED) is 0.874. The second kappa shape index (κ2) is 6.18. The van der Waals surface area contributed by atoms with Gasteiger partial charge in [0.15, 0.2) is 0 Å². The zero-order chi connectivity index (χ0) is 15.5. The summed E-state index contributed by atoms with van der Waals surface area (Å²) in [5, 5.41) is 0. The first-order valence-electron chi connectivity index (χ1n) is 7.57. The van der Waals surface area contributed by atoms with Crippen LogP contribution in [0, 0.1) is 13.8 Å². The average Bonchev–Trinajstić information content (AvgIpc) is 2.95. The van der Waals surface area contributed by atoms with Crippen LogP contribution < -0.4 is 4.74 Å². The Hall–Kier alpha value is -2.36. The largest absolute Gasteiger partial charge is 0.472 e. The van der Waals surface area contributed by atoms with E-state index < -0.39 is 0 Å². The van der Waals surface area contributed by atoms with Gasteiger partial charge in [0, 0.05) is 30.8 Å². The molecule has 0 saturated carbocycles. The maximum Gasteiger partial charge on any atom is 0.254 e. The Balaban J connectivity index is 1.66. The molecule has 1 saturated heterocycles. The van der Waals surface area contributed by atoms with Gasteiger partial charge in [-0.25, -0.2) is 4.98 Å². The predicted octanol–water partition coefficient (Wildman–Crippen LogP) is 2.99. The lowest BCUT2D eigenvalue weighted by atomic mass is 10.1. The van der Waals surface area contributed by atoms with Crippen LogP contribution in [0.15, 0.2) is 42.6 Å². The van der Waals surface area contributed by atoms with Crippen molar-refractivity contribution in [2.75, 3.05) is 13.1 Å². The van der Waals surface area contributed by atoms with Crippen molar-refractivity contribution >= 4 is 5.91 Å². The lowest BCUT2D eigenvalue weighted by molar-refractivity contribution is 0.0771. The van der Waals surface area contributed by atoms with Crippen LogP contribution in [0.4, 0.5) is 0 Å². The molecule has 1 aliphatic rings. The number of hydrogen-bond acceptors (Lipinski definition) is 3. The topological polar surface area (TPSA) is 42.4 Å². The standard InChI is InChI=1S/C18H20N2O2/c1-13-9-14(2)11-15(10-13)18(21)20-8-6-16(12-20)22-17-5-3-4-7-19-17/h3-5,7,9-11,16H,6,8,12H2,1-2H3. The Kier molecular flexibility index (Phi) is 4.09. The highest BCUT2D eigenvalue weighted by atomic mass is 16.5. The van der Waals surface area contributed by atoms with E-state index in [9.17, 15) is 4.79 Å². The third-order valence-corrected chi connectivity index (χ3v) is 3.83. The molecule has 0 spiro atoms. The first kappa shape index (κ1) is 14.6. The number of pyridine rings is 1. The monoisotopic (exact) mass is 296 g/mol. The number of ether oxygens (including phenoxy) is 1. The second-order valence-electron chi connectivity index (χ2n) is 5.82. The highest BCUT2D eigenvalue weighted by Crippen LogP contribution is 2.19. The van der Waals surface area contributed by atoms with Crippen LogP contribution in [0.5, 0.6) is 5.88 Å². The molecule has 1 aliphatic heterocycles. The Morgan fingerprint density at radius 1 is 1.23 bits per heavy atom. The van der Waals surface area contributed by atoms with Crippen LogP contribution in [-0.2, 0) is 0 Å². The molecule has 1 atom stereocenters. The van der Waals surface area contributed by atoms with E-state index in [0.29, 0.717) is 12.4 Å². The van der Waals surface area contributed by atoms with E-state index in [1.54, 1.807) is 6.20 Å². The van der Waals surface area contributed by atoms with Crippen molar-refractivity contribution in [3.05, 3.63) is 59.3 Å². The number of benzene rings is 1. The average molecular weight is 296 g/mol. The minimum absolute atomic E-state index is 0.0183. The summed E-state index contributed by atoms with van der Waals surface area (Å²) < 4.78 is 5.83. The molecule has 114 valence electrons. The highest BCUT2D eigenvalue weighted by molar-refractivity contribution is 5.94. The summed E-state index contributed by atoms with van der Waals surface area (Å²) in [5.41, 5.74) is 2.99. The minimum Gasteiger partial charge on any atom is -0.472 e. The summed E-state index contributed by atoms with van der Waals surface area (Å²) in [6, 6.07) is 11.6. The maximum absolute atomic E-state index is 12.6. The smallest absolute Gasteiger partial charge is 0.254 e. The molecule has 2 heterocycles. The summed E-state index contributed by atoms with van der Waals surface area (Å²) in [5.74, 6) is 0.701. The van der Waals surface area contributed by atoms with Gasteiger partial charge in [-0.2, -0.15) is 0 Å².